The summed E-state index contributed by atoms with van der Waals surface area (Å²) < 4.78 is 5.13. The fourth-order valence-corrected chi connectivity index (χ4v) is 3.13. The summed E-state index contributed by atoms with van der Waals surface area (Å²) in [5, 5.41) is 5.30. The van der Waals surface area contributed by atoms with Crippen LogP contribution in [0.15, 0.2) is 49.0 Å². The van der Waals surface area contributed by atoms with Crippen LogP contribution in [0.25, 0.3) is 5.57 Å². The summed E-state index contributed by atoms with van der Waals surface area (Å²) in [4.78, 5) is 36.9. The number of carbonyl (C=O) groups excluding carboxylic acids is 3. The number of hydrogen-bond donors (Lipinski definition) is 2. The van der Waals surface area contributed by atoms with Gasteiger partial charge in [0.05, 0.1) is 0 Å². The highest BCUT2D eigenvalue weighted by molar-refractivity contribution is 6.19. The fourth-order valence-electron chi connectivity index (χ4n) is 3.13. The van der Waals surface area contributed by atoms with Crippen molar-refractivity contribution >= 4 is 23.4 Å². The summed E-state index contributed by atoms with van der Waals surface area (Å²) in [5.74, 6) is -0.444. The summed E-state index contributed by atoms with van der Waals surface area (Å²) in [6, 6.07) is 12.3. The molecule has 2 aromatic carbocycles. The molecule has 0 atom stereocenters. The standard InChI is InChI=1S/C23H24N2O4/c1-14-16-7-5-6-8-18(16)20(26)19-13-15(9-10-17(14)19)21(27)24-11-12-25-22(28)29-23(2,3)4/h5-10,13H,1,11-12H2,2-4H3,(H,24,27)(H,25,28). The van der Waals surface area contributed by atoms with Gasteiger partial charge in [0, 0.05) is 29.8 Å². The minimum absolute atomic E-state index is 0.121. The van der Waals surface area contributed by atoms with Crippen molar-refractivity contribution < 1.29 is 19.1 Å². The lowest BCUT2D eigenvalue weighted by atomic mass is 9.81. The molecule has 0 heterocycles. The van der Waals surface area contributed by atoms with E-state index in [0.717, 1.165) is 16.7 Å². The van der Waals surface area contributed by atoms with E-state index in [0.29, 0.717) is 16.7 Å². The zero-order valence-corrected chi connectivity index (χ0v) is 16.8. The van der Waals surface area contributed by atoms with Crippen LogP contribution in [0.5, 0.6) is 0 Å². The fraction of sp³-hybridized carbons (Fsp3) is 0.261. The van der Waals surface area contributed by atoms with Crippen LogP contribution in [0.4, 0.5) is 4.79 Å². The minimum atomic E-state index is -0.578. The Hall–Kier alpha value is -3.41. The first kappa shape index (κ1) is 20.3. The first-order valence-corrected chi connectivity index (χ1v) is 9.40. The van der Waals surface area contributed by atoms with Gasteiger partial charge in [-0.2, -0.15) is 0 Å². The lowest BCUT2D eigenvalue weighted by Crippen LogP contribution is -2.37. The van der Waals surface area contributed by atoms with Crippen molar-refractivity contribution in [1.29, 1.82) is 0 Å². The molecule has 2 amide bonds. The second kappa shape index (κ2) is 7.91. The molecule has 0 bridgehead atoms. The third kappa shape index (κ3) is 4.54. The van der Waals surface area contributed by atoms with Crippen LogP contribution in [0.3, 0.4) is 0 Å². The predicted octanol–water partition coefficient (Wildman–Crippen LogP) is 3.55. The molecule has 6 nitrogen and oxygen atoms in total. The summed E-state index contributed by atoms with van der Waals surface area (Å²) in [7, 11) is 0. The Morgan fingerprint density at radius 1 is 0.931 bits per heavy atom. The van der Waals surface area contributed by atoms with Gasteiger partial charge < -0.3 is 15.4 Å². The van der Waals surface area contributed by atoms with Crippen molar-refractivity contribution in [3.8, 4) is 0 Å². The number of benzene rings is 2. The van der Waals surface area contributed by atoms with E-state index in [2.05, 4.69) is 17.2 Å². The van der Waals surface area contributed by atoms with Crippen molar-refractivity contribution in [2.75, 3.05) is 13.1 Å². The Balaban J connectivity index is 1.64. The highest BCUT2D eigenvalue weighted by atomic mass is 16.6. The van der Waals surface area contributed by atoms with Crippen LogP contribution >= 0.6 is 0 Å². The number of hydrogen-bond acceptors (Lipinski definition) is 4. The van der Waals surface area contributed by atoms with Crippen molar-refractivity contribution in [3.05, 3.63) is 76.9 Å². The smallest absolute Gasteiger partial charge is 0.407 e. The zero-order chi connectivity index (χ0) is 21.2. The number of ether oxygens (including phenoxy) is 1. The second-order valence-electron chi connectivity index (χ2n) is 7.80. The maximum atomic E-state index is 12.8. The summed E-state index contributed by atoms with van der Waals surface area (Å²) >= 11 is 0. The van der Waals surface area contributed by atoms with Gasteiger partial charge in [0.15, 0.2) is 5.78 Å². The second-order valence-corrected chi connectivity index (χ2v) is 7.80. The normalized spacial score (nSPS) is 12.7. The van der Waals surface area contributed by atoms with Gasteiger partial charge in [-0.3, -0.25) is 9.59 Å². The molecule has 1 aliphatic carbocycles. The Morgan fingerprint density at radius 3 is 2.24 bits per heavy atom. The molecule has 3 rings (SSSR count). The quantitative estimate of drug-likeness (QED) is 0.665. The zero-order valence-electron chi connectivity index (χ0n) is 16.8. The van der Waals surface area contributed by atoms with E-state index in [1.807, 2.05) is 18.2 Å². The van der Waals surface area contributed by atoms with Gasteiger partial charge in [-0.15, -0.1) is 0 Å². The van der Waals surface area contributed by atoms with E-state index in [9.17, 15) is 14.4 Å². The molecule has 0 radical (unpaired) electrons. The van der Waals surface area contributed by atoms with E-state index >= 15 is 0 Å². The number of alkyl carbamates (subject to hydrolysis) is 1. The molecule has 2 aromatic rings. The van der Waals surface area contributed by atoms with Crippen molar-refractivity contribution in [3.63, 3.8) is 0 Å². The van der Waals surface area contributed by atoms with Gasteiger partial charge in [0.25, 0.3) is 5.91 Å². The van der Waals surface area contributed by atoms with Gasteiger partial charge in [0.1, 0.15) is 5.60 Å². The van der Waals surface area contributed by atoms with E-state index < -0.39 is 11.7 Å². The van der Waals surface area contributed by atoms with E-state index in [-0.39, 0.29) is 24.8 Å². The molecule has 1 aliphatic rings. The van der Waals surface area contributed by atoms with Crippen molar-refractivity contribution in [1.82, 2.24) is 10.6 Å². The number of carbonyl (C=O) groups is 3. The lowest BCUT2D eigenvalue weighted by Gasteiger charge is -2.21. The van der Waals surface area contributed by atoms with Crippen LogP contribution in [0, 0.1) is 0 Å². The molecule has 0 fully saturated rings. The first-order valence-electron chi connectivity index (χ1n) is 9.40. The van der Waals surface area contributed by atoms with E-state index in [1.54, 1.807) is 45.0 Å². The summed E-state index contributed by atoms with van der Waals surface area (Å²) in [6.07, 6.45) is -0.539. The molecular weight excluding hydrogens is 368 g/mol. The SMILES string of the molecule is C=C1c2ccccc2C(=O)c2cc(C(=O)NCCNC(=O)OC(C)(C)C)ccc21. The number of fused-ring (bicyclic) bond motifs is 2. The highest BCUT2D eigenvalue weighted by Crippen LogP contribution is 2.34. The average molecular weight is 392 g/mol. The van der Waals surface area contributed by atoms with Crippen molar-refractivity contribution in [2.45, 2.75) is 26.4 Å². The molecule has 0 aliphatic heterocycles. The summed E-state index contributed by atoms with van der Waals surface area (Å²) in [5.41, 5.74) is 3.17. The maximum absolute atomic E-state index is 12.8. The number of rotatable bonds is 4. The molecule has 2 N–H and O–H groups in total. The van der Waals surface area contributed by atoms with Gasteiger partial charge in [0.2, 0.25) is 0 Å². The monoisotopic (exact) mass is 392 g/mol. The molecule has 0 spiro atoms. The molecular formula is C23H24N2O4. The molecule has 150 valence electrons. The van der Waals surface area contributed by atoms with Gasteiger partial charge in [-0.1, -0.05) is 36.9 Å². The first-order chi connectivity index (χ1) is 13.7. The topological polar surface area (TPSA) is 84.5 Å². The molecule has 0 unspecified atom stereocenters. The molecule has 29 heavy (non-hydrogen) atoms. The average Bonchev–Trinajstić information content (AvgIpc) is 2.67. The molecule has 0 aromatic heterocycles. The third-order valence-electron chi connectivity index (χ3n) is 4.43. The van der Waals surface area contributed by atoms with Crippen LogP contribution in [-0.4, -0.2) is 36.5 Å². The van der Waals surface area contributed by atoms with Crippen LogP contribution in [0.2, 0.25) is 0 Å². The Kier molecular flexibility index (Phi) is 5.55. The van der Waals surface area contributed by atoms with E-state index in [1.165, 1.54) is 0 Å². The largest absolute Gasteiger partial charge is 0.444 e. The Morgan fingerprint density at radius 2 is 1.55 bits per heavy atom. The van der Waals surface area contributed by atoms with Crippen LogP contribution in [0.1, 0.15) is 58.2 Å². The van der Waals surface area contributed by atoms with Gasteiger partial charge >= 0.3 is 6.09 Å². The lowest BCUT2D eigenvalue weighted by molar-refractivity contribution is 0.0526. The minimum Gasteiger partial charge on any atom is -0.444 e. The molecule has 0 saturated carbocycles. The molecule has 6 heteroatoms. The number of ketones is 1. The predicted molar refractivity (Wildman–Crippen MR) is 111 cm³/mol. The summed E-state index contributed by atoms with van der Waals surface area (Å²) in [6.45, 7) is 9.90. The Bertz CT molecular complexity index is 1000. The number of amides is 2. The maximum Gasteiger partial charge on any atom is 0.407 e. The van der Waals surface area contributed by atoms with Gasteiger partial charge in [-0.05, 0) is 49.6 Å². The molecule has 0 saturated heterocycles. The highest BCUT2D eigenvalue weighted by Gasteiger charge is 2.26. The van der Waals surface area contributed by atoms with Gasteiger partial charge in [-0.25, -0.2) is 4.79 Å². The third-order valence-corrected chi connectivity index (χ3v) is 4.43. The van der Waals surface area contributed by atoms with Crippen LogP contribution < -0.4 is 10.6 Å². The van der Waals surface area contributed by atoms with Crippen molar-refractivity contribution in [2.24, 2.45) is 0 Å². The van der Waals surface area contributed by atoms with Crippen LogP contribution in [-0.2, 0) is 4.74 Å². The number of nitrogens with one attached hydrogen (secondary N) is 2. The van der Waals surface area contributed by atoms with E-state index in [4.69, 9.17) is 4.74 Å². The Labute approximate surface area is 170 Å².